The number of ether oxygens (including phenoxy) is 1. The van der Waals surface area contributed by atoms with Gasteiger partial charge < -0.3 is 19.9 Å². The minimum Gasteiger partial charge on any atom is -0.497 e. The van der Waals surface area contributed by atoms with Crippen molar-refractivity contribution in [2.45, 2.75) is 45.2 Å². The first-order valence-electron chi connectivity index (χ1n) is 10.3. The van der Waals surface area contributed by atoms with Crippen LogP contribution in [-0.4, -0.2) is 23.7 Å². The van der Waals surface area contributed by atoms with Crippen LogP contribution in [0, 0.1) is 11.3 Å². The smallest absolute Gasteiger partial charge is 0.319 e. The second-order valence-electron chi connectivity index (χ2n) is 8.00. The maximum atomic E-state index is 12.0. The van der Waals surface area contributed by atoms with Crippen LogP contribution in [-0.2, 0) is 0 Å². The number of hydrogen-bond acceptors (Lipinski definition) is 3. The summed E-state index contributed by atoms with van der Waals surface area (Å²) in [7, 11) is 1.66. The number of amides is 2. The molecule has 6 heteroatoms. The lowest BCUT2D eigenvalue weighted by Crippen LogP contribution is -2.34. The third kappa shape index (κ3) is 3.59. The van der Waals surface area contributed by atoms with E-state index in [1.807, 2.05) is 56.3 Å². The minimum atomic E-state index is -0.230. The summed E-state index contributed by atoms with van der Waals surface area (Å²) in [6.45, 7) is 3.83. The molecule has 0 aliphatic heterocycles. The second-order valence-corrected chi connectivity index (χ2v) is 8.00. The summed E-state index contributed by atoms with van der Waals surface area (Å²) >= 11 is 0. The van der Waals surface area contributed by atoms with E-state index >= 15 is 0 Å². The number of carbonyl (C=O) groups is 1. The molecule has 0 radical (unpaired) electrons. The fraction of sp³-hybridized carbons (Fsp3) is 0.333. The Bertz CT molecular complexity index is 1120. The third-order valence-corrected chi connectivity index (χ3v) is 5.60. The number of carbonyl (C=O) groups excluding carboxylic acids is 1. The summed E-state index contributed by atoms with van der Waals surface area (Å²) in [4.78, 5) is 12.0. The van der Waals surface area contributed by atoms with Gasteiger partial charge in [0.15, 0.2) is 0 Å². The Morgan fingerprint density at radius 1 is 1.20 bits per heavy atom. The maximum Gasteiger partial charge on any atom is 0.319 e. The van der Waals surface area contributed by atoms with Crippen molar-refractivity contribution in [3.63, 3.8) is 0 Å². The van der Waals surface area contributed by atoms with Crippen LogP contribution >= 0.6 is 0 Å². The lowest BCUT2D eigenvalue weighted by Gasteiger charge is -2.30. The van der Waals surface area contributed by atoms with E-state index in [2.05, 4.69) is 21.3 Å². The molecule has 1 aliphatic rings. The Morgan fingerprint density at radius 3 is 2.50 bits per heavy atom. The standard InChI is InChI=1S/C24H26N4O2/c1-15(2)26-24(29)27-17-9-7-16(8-10-17)23-21(14-25)20-12-11-19(30-3)13-22(20)28(23)18-5-4-6-18/h7-13,15,18H,4-6H2,1-3H3,(H2,26,27,29). The summed E-state index contributed by atoms with van der Waals surface area (Å²) < 4.78 is 7.73. The van der Waals surface area contributed by atoms with Gasteiger partial charge in [0.05, 0.1) is 23.9 Å². The SMILES string of the molecule is COc1ccc2c(C#N)c(-c3ccc(NC(=O)NC(C)C)cc3)n(C3CCC3)c2c1. The molecule has 30 heavy (non-hydrogen) atoms. The van der Waals surface area contributed by atoms with Gasteiger partial charge in [-0.3, -0.25) is 0 Å². The first kappa shape index (κ1) is 19.8. The van der Waals surface area contributed by atoms with E-state index in [4.69, 9.17) is 4.74 Å². The van der Waals surface area contributed by atoms with E-state index in [1.165, 1.54) is 6.42 Å². The Morgan fingerprint density at radius 2 is 1.93 bits per heavy atom. The van der Waals surface area contributed by atoms with Crippen molar-refractivity contribution in [2.24, 2.45) is 0 Å². The first-order valence-corrected chi connectivity index (χ1v) is 10.3. The van der Waals surface area contributed by atoms with Crippen LogP contribution in [0.4, 0.5) is 10.5 Å². The molecular weight excluding hydrogens is 376 g/mol. The Labute approximate surface area is 176 Å². The number of nitrogens with zero attached hydrogens (tertiary/aromatic N) is 2. The molecule has 0 spiro atoms. The fourth-order valence-electron chi connectivity index (χ4n) is 3.98. The van der Waals surface area contributed by atoms with Crippen LogP contribution in [0.15, 0.2) is 42.5 Å². The first-order chi connectivity index (χ1) is 14.5. The van der Waals surface area contributed by atoms with Gasteiger partial charge in [0.2, 0.25) is 0 Å². The van der Waals surface area contributed by atoms with Crippen molar-refractivity contribution in [1.29, 1.82) is 5.26 Å². The number of aromatic nitrogens is 1. The van der Waals surface area contributed by atoms with Gasteiger partial charge in [-0.05, 0) is 62.9 Å². The Kier molecular flexibility index (Phi) is 5.37. The molecule has 6 nitrogen and oxygen atoms in total. The van der Waals surface area contributed by atoms with E-state index in [1.54, 1.807) is 7.11 Å². The van der Waals surface area contributed by atoms with Crippen molar-refractivity contribution in [3.05, 3.63) is 48.0 Å². The topological polar surface area (TPSA) is 79.1 Å². The number of hydrogen-bond donors (Lipinski definition) is 2. The lowest BCUT2D eigenvalue weighted by molar-refractivity contribution is 0.250. The average Bonchev–Trinajstić information content (AvgIpc) is 3.00. The predicted molar refractivity (Wildman–Crippen MR) is 119 cm³/mol. The number of benzene rings is 2. The number of methoxy groups -OCH3 is 1. The quantitative estimate of drug-likeness (QED) is 0.596. The Hall–Kier alpha value is -3.46. The van der Waals surface area contributed by atoms with Crippen molar-refractivity contribution in [3.8, 4) is 23.1 Å². The molecule has 3 aromatic rings. The monoisotopic (exact) mass is 402 g/mol. The summed E-state index contributed by atoms with van der Waals surface area (Å²) in [5.41, 5.74) is 4.32. The largest absolute Gasteiger partial charge is 0.497 e. The molecule has 2 aromatic carbocycles. The van der Waals surface area contributed by atoms with Crippen molar-refractivity contribution < 1.29 is 9.53 Å². The Balaban J connectivity index is 1.78. The summed E-state index contributed by atoms with van der Waals surface area (Å²) in [6.07, 6.45) is 3.41. The van der Waals surface area contributed by atoms with Gasteiger partial charge >= 0.3 is 6.03 Å². The fourth-order valence-corrected chi connectivity index (χ4v) is 3.98. The highest BCUT2D eigenvalue weighted by Crippen LogP contribution is 2.43. The zero-order chi connectivity index (χ0) is 21.3. The molecule has 0 saturated heterocycles. The van der Waals surface area contributed by atoms with Crippen molar-refractivity contribution in [1.82, 2.24) is 9.88 Å². The van der Waals surface area contributed by atoms with Gasteiger partial charge in [-0.2, -0.15) is 5.26 Å². The molecule has 2 N–H and O–H groups in total. The number of nitrogens with one attached hydrogen (secondary N) is 2. The lowest BCUT2D eigenvalue weighted by atomic mass is 9.92. The molecule has 0 atom stereocenters. The van der Waals surface area contributed by atoms with Crippen LogP contribution in [0.3, 0.4) is 0 Å². The highest BCUT2D eigenvalue weighted by molar-refractivity contribution is 5.96. The van der Waals surface area contributed by atoms with E-state index in [9.17, 15) is 10.1 Å². The molecule has 1 aromatic heterocycles. The summed E-state index contributed by atoms with van der Waals surface area (Å²) in [5.74, 6) is 0.785. The van der Waals surface area contributed by atoms with Gasteiger partial charge in [-0.25, -0.2) is 4.79 Å². The zero-order valence-electron chi connectivity index (χ0n) is 17.5. The van der Waals surface area contributed by atoms with E-state index in [0.717, 1.165) is 40.8 Å². The second kappa shape index (κ2) is 8.11. The number of nitriles is 1. The van der Waals surface area contributed by atoms with Crippen LogP contribution in [0.1, 0.15) is 44.7 Å². The number of rotatable bonds is 5. The molecule has 1 heterocycles. The minimum absolute atomic E-state index is 0.0673. The van der Waals surface area contributed by atoms with Gasteiger partial charge in [0, 0.05) is 29.2 Å². The van der Waals surface area contributed by atoms with E-state index < -0.39 is 0 Å². The predicted octanol–water partition coefficient (Wildman–Crippen LogP) is 5.44. The number of urea groups is 1. The van der Waals surface area contributed by atoms with Gasteiger partial charge in [-0.1, -0.05) is 12.1 Å². The van der Waals surface area contributed by atoms with Gasteiger partial charge in [0.25, 0.3) is 0 Å². The molecular formula is C24H26N4O2. The normalized spacial score (nSPS) is 13.7. The highest BCUT2D eigenvalue weighted by Gasteiger charge is 2.28. The van der Waals surface area contributed by atoms with Gasteiger partial charge in [0.1, 0.15) is 11.8 Å². The molecule has 2 amide bonds. The van der Waals surface area contributed by atoms with Crippen LogP contribution in [0.2, 0.25) is 0 Å². The zero-order valence-corrected chi connectivity index (χ0v) is 17.5. The maximum absolute atomic E-state index is 12.0. The summed E-state index contributed by atoms with van der Waals surface area (Å²) in [6, 6.07) is 16.2. The van der Waals surface area contributed by atoms with Crippen LogP contribution in [0.5, 0.6) is 5.75 Å². The number of anilines is 1. The summed E-state index contributed by atoms with van der Waals surface area (Å²) in [5, 5.41) is 16.6. The molecule has 0 bridgehead atoms. The molecule has 154 valence electrons. The van der Waals surface area contributed by atoms with Crippen LogP contribution in [0.25, 0.3) is 22.2 Å². The van der Waals surface area contributed by atoms with Gasteiger partial charge in [-0.15, -0.1) is 0 Å². The third-order valence-electron chi connectivity index (χ3n) is 5.60. The van der Waals surface area contributed by atoms with E-state index in [-0.39, 0.29) is 12.1 Å². The molecule has 0 unspecified atom stereocenters. The van der Waals surface area contributed by atoms with Crippen molar-refractivity contribution in [2.75, 3.05) is 12.4 Å². The van der Waals surface area contributed by atoms with Crippen LogP contribution < -0.4 is 15.4 Å². The average molecular weight is 402 g/mol. The number of fused-ring (bicyclic) bond motifs is 1. The molecule has 1 fully saturated rings. The van der Waals surface area contributed by atoms with Crippen molar-refractivity contribution >= 4 is 22.6 Å². The molecule has 1 aliphatic carbocycles. The highest BCUT2D eigenvalue weighted by atomic mass is 16.5. The molecule has 4 rings (SSSR count). The van der Waals surface area contributed by atoms with E-state index in [0.29, 0.717) is 17.3 Å². The molecule has 1 saturated carbocycles.